The first-order valence-corrected chi connectivity index (χ1v) is 10.9. The number of ether oxygens (including phenoxy) is 1. The van der Waals surface area contributed by atoms with E-state index >= 15 is 0 Å². The Morgan fingerprint density at radius 1 is 1.07 bits per heavy atom. The average molecular weight is 396 g/mol. The van der Waals surface area contributed by atoms with E-state index in [9.17, 15) is 4.79 Å². The highest BCUT2D eigenvalue weighted by atomic mass is 32.1. The Labute approximate surface area is 171 Å². The molecule has 0 aliphatic rings. The number of hydrogen-bond acceptors (Lipinski definition) is 3. The minimum absolute atomic E-state index is 0.250. The smallest absolute Gasteiger partial charge is 0.348 e. The Hall–Kier alpha value is -2.33. The average Bonchev–Trinajstić information content (AvgIpc) is 3.42. The van der Waals surface area contributed by atoms with Crippen molar-refractivity contribution in [2.75, 3.05) is 7.11 Å². The van der Waals surface area contributed by atoms with Crippen LogP contribution in [0.4, 0.5) is 0 Å². The van der Waals surface area contributed by atoms with Crippen molar-refractivity contribution in [1.82, 2.24) is 4.98 Å². The van der Waals surface area contributed by atoms with Gasteiger partial charge in [0.05, 0.1) is 7.11 Å². The molecule has 0 saturated heterocycles. The van der Waals surface area contributed by atoms with E-state index in [1.165, 1.54) is 53.0 Å². The Bertz CT molecular complexity index is 849. The summed E-state index contributed by atoms with van der Waals surface area (Å²) in [5, 5.41) is 0. The quantitative estimate of drug-likeness (QED) is 0.417. The highest BCUT2D eigenvalue weighted by Crippen LogP contribution is 2.27. The number of nitrogens with one attached hydrogen (secondary N) is 1. The van der Waals surface area contributed by atoms with Crippen LogP contribution in [0, 0.1) is 0 Å². The van der Waals surface area contributed by atoms with Crippen LogP contribution in [0.15, 0.2) is 54.7 Å². The van der Waals surface area contributed by atoms with Crippen LogP contribution in [0.1, 0.15) is 63.5 Å². The fourth-order valence-electron chi connectivity index (χ4n) is 3.51. The van der Waals surface area contributed by atoms with Crippen LogP contribution in [-0.4, -0.2) is 18.1 Å². The lowest BCUT2D eigenvalue weighted by molar-refractivity contribution is 0.0606. The molecule has 0 aliphatic carbocycles. The number of benzene rings is 1. The molecule has 4 heteroatoms. The number of H-pyrrole nitrogens is 1. The topological polar surface area (TPSA) is 42.1 Å². The highest BCUT2D eigenvalue weighted by molar-refractivity contribution is 7.13. The van der Waals surface area contributed by atoms with Crippen molar-refractivity contribution >= 4 is 17.3 Å². The first kappa shape index (κ1) is 20.4. The zero-order valence-electron chi connectivity index (χ0n) is 16.7. The van der Waals surface area contributed by atoms with Crippen molar-refractivity contribution < 1.29 is 9.53 Å². The van der Waals surface area contributed by atoms with Crippen molar-refractivity contribution in [3.63, 3.8) is 0 Å². The summed E-state index contributed by atoms with van der Waals surface area (Å²) in [6.45, 7) is 2.23. The number of hydrogen-bond donors (Lipinski definition) is 1. The van der Waals surface area contributed by atoms with Crippen LogP contribution in [-0.2, 0) is 24.0 Å². The van der Waals surface area contributed by atoms with Gasteiger partial charge in [-0.15, -0.1) is 11.3 Å². The fourth-order valence-corrected chi connectivity index (χ4v) is 4.45. The minimum Gasteiger partial charge on any atom is -0.465 e. The van der Waals surface area contributed by atoms with Crippen LogP contribution in [0.5, 0.6) is 0 Å². The molecule has 148 valence electrons. The summed E-state index contributed by atoms with van der Waals surface area (Å²) in [4.78, 5) is 17.0. The molecule has 0 aliphatic heterocycles. The standard InChI is InChI=1S/C24H29NO2S/c1-3-4-6-18-8-10-19(11-9-18)17-20(22-7-5-16-25-22)12-13-21-14-15-23(28-21)24(26)27-2/h5,7-11,14-16,20,25H,3-4,6,12-13,17H2,1-2H3. The van der Waals surface area contributed by atoms with E-state index in [0.717, 1.165) is 25.7 Å². The number of aryl methyl sites for hydroxylation is 2. The van der Waals surface area contributed by atoms with Gasteiger partial charge in [0, 0.05) is 22.7 Å². The van der Waals surface area contributed by atoms with Crippen LogP contribution in [0.3, 0.4) is 0 Å². The van der Waals surface area contributed by atoms with Crippen LogP contribution < -0.4 is 0 Å². The van der Waals surface area contributed by atoms with Crippen molar-refractivity contribution in [2.45, 2.75) is 51.4 Å². The van der Waals surface area contributed by atoms with Crippen molar-refractivity contribution in [2.24, 2.45) is 0 Å². The Morgan fingerprint density at radius 2 is 1.86 bits per heavy atom. The van der Waals surface area contributed by atoms with E-state index in [0.29, 0.717) is 10.8 Å². The van der Waals surface area contributed by atoms with Crippen LogP contribution in [0.25, 0.3) is 0 Å². The summed E-state index contributed by atoms with van der Waals surface area (Å²) in [7, 11) is 1.43. The molecule has 3 nitrogen and oxygen atoms in total. The molecule has 1 aromatic carbocycles. The maximum absolute atomic E-state index is 11.7. The van der Waals surface area contributed by atoms with Crippen molar-refractivity contribution in [3.05, 3.63) is 81.3 Å². The Kier molecular flexibility index (Phi) is 7.49. The van der Waals surface area contributed by atoms with Crippen molar-refractivity contribution in [1.29, 1.82) is 0 Å². The summed E-state index contributed by atoms with van der Waals surface area (Å²) in [6.07, 6.45) is 8.66. The maximum atomic E-state index is 11.7. The van der Waals surface area contributed by atoms with Crippen molar-refractivity contribution in [3.8, 4) is 0 Å². The third kappa shape index (κ3) is 5.59. The van der Waals surface area contributed by atoms with Gasteiger partial charge in [-0.3, -0.25) is 0 Å². The first-order chi connectivity index (χ1) is 13.7. The molecule has 0 spiro atoms. The number of unbranched alkanes of at least 4 members (excludes halogenated alkanes) is 1. The van der Waals surface area contributed by atoms with E-state index in [-0.39, 0.29) is 5.97 Å². The zero-order valence-corrected chi connectivity index (χ0v) is 17.6. The number of carbonyl (C=O) groups is 1. The molecule has 2 aromatic heterocycles. The highest BCUT2D eigenvalue weighted by Gasteiger charge is 2.15. The molecule has 0 bridgehead atoms. The molecule has 1 N–H and O–H groups in total. The lowest BCUT2D eigenvalue weighted by Crippen LogP contribution is -2.05. The molecule has 3 aromatic rings. The second kappa shape index (κ2) is 10.3. The van der Waals surface area contributed by atoms with Gasteiger partial charge in [-0.1, -0.05) is 37.6 Å². The summed E-state index contributed by atoms with van der Waals surface area (Å²) >= 11 is 1.54. The van der Waals surface area contributed by atoms with Gasteiger partial charge in [0.1, 0.15) is 4.88 Å². The molecule has 1 atom stereocenters. The Balaban J connectivity index is 1.65. The summed E-state index contributed by atoms with van der Waals surface area (Å²) in [5.74, 6) is 0.181. The number of thiophene rings is 1. The molecular formula is C24H29NO2S. The zero-order chi connectivity index (χ0) is 19.8. The molecule has 0 fully saturated rings. The number of aromatic nitrogens is 1. The predicted octanol–water partition coefficient (Wildman–Crippen LogP) is 6.16. The van der Waals surface area contributed by atoms with Gasteiger partial charge in [-0.05, 0) is 67.5 Å². The third-order valence-electron chi connectivity index (χ3n) is 5.17. The van der Waals surface area contributed by atoms with Gasteiger partial charge in [0.2, 0.25) is 0 Å². The van der Waals surface area contributed by atoms with Gasteiger partial charge in [0.25, 0.3) is 0 Å². The predicted molar refractivity (Wildman–Crippen MR) is 116 cm³/mol. The van der Waals surface area contributed by atoms with Gasteiger partial charge in [-0.25, -0.2) is 4.79 Å². The molecule has 2 heterocycles. The van der Waals surface area contributed by atoms with Crippen LogP contribution >= 0.6 is 11.3 Å². The normalized spacial score (nSPS) is 12.1. The van der Waals surface area contributed by atoms with E-state index in [2.05, 4.69) is 48.3 Å². The maximum Gasteiger partial charge on any atom is 0.348 e. The number of methoxy groups -OCH3 is 1. The largest absolute Gasteiger partial charge is 0.465 e. The van der Waals surface area contributed by atoms with E-state index in [4.69, 9.17) is 4.74 Å². The lowest BCUT2D eigenvalue weighted by Gasteiger charge is -2.16. The molecule has 0 radical (unpaired) electrons. The van der Waals surface area contributed by atoms with Gasteiger partial charge < -0.3 is 9.72 Å². The molecule has 0 amide bonds. The number of rotatable bonds is 10. The summed E-state index contributed by atoms with van der Waals surface area (Å²) < 4.78 is 4.81. The Morgan fingerprint density at radius 3 is 2.54 bits per heavy atom. The second-order valence-corrected chi connectivity index (χ2v) is 8.41. The number of aromatic amines is 1. The monoisotopic (exact) mass is 395 g/mol. The minimum atomic E-state index is -0.250. The first-order valence-electron chi connectivity index (χ1n) is 10.1. The number of esters is 1. The molecular weight excluding hydrogens is 366 g/mol. The van der Waals surface area contributed by atoms with Gasteiger partial charge in [-0.2, -0.15) is 0 Å². The summed E-state index contributed by atoms with van der Waals surface area (Å²) in [5.41, 5.74) is 4.08. The third-order valence-corrected chi connectivity index (χ3v) is 6.30. The molecule has 3 rings (SSSR count). The SMILES string of the molecule is CCCCc1ccc(CC(CCc2ccc(C(=O)OC)s2)c2ccc[nH]2)cc1. The number of carbonyl (C=O) groups excluding carboxylic acids is 1. The second-order valence-electron chi connectivity index (χ2n) is 7.24. The fraction of sp³-hybridized carbons (Fsp3) is 0.375. The summed E-state index contributed by atoms with van der Waals surface area (Å²) in [6, 6.07) is 17.3. The van der Waals surface area contributed by atoms with E-state index in [1.54, 1.807) is 0 Å². The lowest BCUT2D eigenvalue weighted by atomic mass is 9.91. The van der Waals surface area contributed by atoms with E-state index < -0.39 is 0 Å². The van der Waals surface area contributed by atoms with Crippen LogP contribution in [0.2, 0.25) is 0 Å². The van der Waals surface area contributed by atoms with E-state index in [1.807, 2.05) is 18.3 Å². The van der Waals surface area contributed by atoms with Gasteiger partial charge >= 0.3 is 5.97 Å². The van der Waals surface area contributed by atoms with Gasteiger partial charge in [0.15, 0.2) is 0 Å². The molecule has 1 unspecified atom stereocenters. The molecule has 0 saturated carbocycles. The molecule has 28 heavy (non-hydrogen) atoms.